The molecule has 12 heavy (non-hydrogen) atoms. The van der Waals surface area contributed by atoms with Crippen LogP contribution in [0.1, 0.15) is 40.0 Å². The molecule has 0 aromatic heterocycles. The first-order valence-electron chi connectivity index (χ1n) is 4.41. The molecule has 0 bridgehead atoms. The van der Waals surface area contributed by atoms with Crippen molar-refractivity contribution in [2.24, 2.45) is 0 Å². The van der Waals surface area contributed by atoms with Gasteiger partial charge in [0.25, 0.3) is 0 Å². The van der Waals surface area contributed by atoms with Gasteiger partial charge in [0.1, 0.15) is 0 Å². The summed E-state index contributed by atoms with van der Waals surface area (Å²) in [7, 11) is 0. The van der Waals surface area contributed by atoms with Crippen LogP contribution in [0.25, 0.3) is 0 Å². The summed E-state index contributed by atoms with van der Waals surface area (Å²) < 4.78 is 0. The summed E-state index contributed by atoms with van der Waals surface area (Å²) in [5.74, 6) is -0.0118. The molecular weight excluding hydrogens is 154 g/mol. The molecule has 0 saturated carbocycles. The Balaban J connectivity index is 3.95. The SMILES string of the molecule is CCC[C@H](NC(=O)CC)C(C)=O. The standard InChI is InChI=1S/C9H17NO2/c1-4-6-8(7(3)11)10-9(12)5-2/h8H,4-6H2,1-3H3,(H,10,12)/t8-/m0/s1. The summed E-state index contributed by atoms with van der Waals surface area (Å²) in [6, 6.07) is -0.276. The number of nitrogens with one attached hydrogen (secondary N) is 1. The van der Waals surface area contributed by atoms with Crippen molar-refractivity contribution in [2.75, 3.05) is 0 Å². The van der Waals surface area contributed by atoms with Gasteiger partial charge in [0.15, 0.2) is 5.78 Å². The van der Waals surface area contributed by atoms with Crippen LogP contribution in [-0.4, -0.2) is 17.7 Å². The van der Waals surface area contributed by atoms with E-state index in [0.29, 0.717) is 6.42 Å². The number of carbonyl (C=O) groups is 2. The molecule has 0 aromatic carbocycles. The first-order chi connectivity index (χ1) is 5.61. The number of Topliss-reactive ketones (excluding diaryl/α,β-unsaturated/α-hetero) is 1. The smallest absolute Gasteiger partial charge is 0.220 e. The van der Waals surface area contributed by atoms with Crippen molar-refractivity contribution in [3.8, 4) is 0 Å². The second kappa shape index (κ2) is 5.75. The summed E-state index contributed by atoms with van der Waals surface area (Å²) in [5, 5.41) is 2.68. The van der Waals surface area contributed by atoms with Crippen LogP contribution >= 0.6 is 0 Å². The minimum absolute atomic E-state index is 0.0404. The highest BCUT2D eigenvalue weighted by Crippen LogP contribution is 1.98. The van der Waals surface area contributed by atoms with Gasteiger partial charge in [-0.3, -0.25) is 9.59 Å². The summed E-state index contributed by atoms with van der Waals surface area (Å²) in [6.45, 7) is 5.28. The molecule has 1 atom stereocenters. The van der Waals surface area contributed by atoms with E-state index in [-0.39, 0.29) is 17.7 Å². The first kappa shape index (κ1) is 11.1. The zero-order valence-electron chi connectivity index (χ0n) is 8.02. The third kappa shape index (κ3) is 4.11. The number of hydrogen-bond donors (Lipinski definition) is 1. The molecule has 0 spiro atoms. The van der Waals surface area contributed by atoms with E-state index in [9.17, 15) is 9.59 Å². The Morgan fingerprint density at radius 2 is 1.92 bits per heavy atom. The predicted molar refractivity (Wildman–Crippen MR) is 47.8 cm³/mol. The lowest BCUT2D eigenvalue weighted by molar-refractivity contribution is -0.126. The molecule has 0 aliphatic heterocycles. The van der Waals surface area contributed by atoms with Crippen molar-refractivity contribution in [3.63, 3.8) is 0 Å². The van der Waals surface area contributed by atoms with E-state index < -0.39 is 0 Å². The van der Waals surface area contributed by atoms with Gasteiger partial charge in [-0.15, -0.1) is 0 Å². The van der Waals surface area contributed by atoms with Gasteiger partial charge >= 0.3 is 0 Å². The number of rotatable bonds is 5. The molecule has 3 nitrogen and oxygen atoms in total. The van der Waals surface area contributed by atoms with E-state index in [2.05, 4.69) is 5.32 Å². The first-order valence-corrected chi connectivity index (χ1v) is 4.41. The maximum atomic E-state index is 11.0. The van der Waals surface area contributed by atoms with Crippen LogP contribution in [0.5, 0.6) is 0 Å². The lowest BCUT2D eigenvalue weighted by Gasteiger charge is -2.13. The van der Waals surface area contributed by atoms with E-state index in [1.165, 1.54) is 6.92 Å². The molecule has 0 saturated heterocycles. The Labute approximate surface area is 73.5 Å². The van der Waals surface area contributed by atoms with Crippen LogP contribution in [0.4, 0.5) is 0 Å². The van der Waals surface area contributed by atoms with Crippen LogP contribution in [0, 0.1) is 0 Å². The second-order valence-corrected chi connectivity index (χ2v) is 2.87. The van der Waals surface area contributed by atoms with Crippen LogP contribution in [-0.2, 0) is 9.59 Å². The molecule has 0 aromatic rings. The van der Waals surface area contributed by atoms with Crippen LogP contribution in [0.15, 0.2) is 0 Å². The highest BCUT2D eigenvalue weighted by atomic mass is 16.2. The van der Waals surface area contributed by atoms with Crippen LogP contribution in [0.3, 0.4) is 0 Å². The topological polar surface area (TPSA) is 46.2 Å². The van der Waals surface area contributed by atoms with Crippen molar-refractivity contribution >= 4 is 11.7 Å². The Morgan fingerprint density at radius 3 is 2.25 bits per heavy atom. The Bertz CT molecular complexity index is 164. The van der Waals surface area contributed by atoms with Crippen molar-refractivity contribution in [1.29, 1.82) is 0 Å². The zero-order chi connectivity index (χ0) is 9.56. The number of carbonyl (C=O) groups excluding carboxylic acids is 2. The molecule has 1 amide bonds. The third-order valence-corrected chi connectivity index (χ3v) is 1.72. The molecule has 0 radical (unpaired) electrons. The highest BCUT2D eigenvalue weighted by Gasteiger charge is 2.14. The van der Waals surface area contributed by atoms with Crippen molar-refractivity contribution < 1.29 is 9.59 Å². The summed E-state index contributed by atoms with van der Waals surface area (Å²) >= 11 is 0. The van der Waals surface area contributed by atoms with Gasteiger partial charge in [-0.05, 0) is 13.3 Å². The van der Waals surface area contributed by atoms with Gasteiger partial charge in [-0.1, -0.05) is 20.3 Å². The van der Waals surface area contributed by atoms with Gasteiger partial charge in [0.05, 0.1) is 6.04 Å². The average Bonchev–Trinajstić information content (AvgIpc) is 2.03. The number of ketones is 1. The monoisotopic (exact) mass is 171 g/mol. The highest BCUT2D eigenvalue weighted by molar-refractivity contribution is 5.87. The maximum Gasteiger partial charge on any atom is 0.220 e. The largest absolute Gasteiger partial charge is 0.346 e. The van der Waals surface area contributed by atoms with E-state index in [0.717, 1.165) is 12.8 Å². The molecule has 0 unspecified atom stereocenters. The van der Waals surface area contributed by atoms with Gasteiger partial charge in [-0.25, -0.2) is 0 Å². The van der Waals surface area contributed by atoms with E-state index in [1.807, 2.05) is 6.92 Å². The zero-order valence-corrected chi connectivity index (χ0v) is 8.02. The minimum atomic E-state index is -0.276. The normalized spacial score (nSPS) is 12.2. The summed E-state index contributed by atoms with van der Waals surface area (Å²) in [4.78, 5) is 21.9. The average molecular weight is 171 g/mol. The molecule has 1 N–H and O–H groups in total. The molecule has 0 heterocycles. The van der Waals surface area contributed by atoms with E-state index in [4.69, 9.17) is 0 Å². The fraction of sp³-hybridized carbons (Fsp3) is 0.778. The quantitative estimate of drug-likeness (QED) is 0.677. The van der Waals surface area contributed by atoms with E-state index in [1.54, 1.807) is 6.92 Å². The van der Waals surface area contributed by atoms with Crippen molar-refractivity contribution in [1.82, 2.24) is 5.32 Å². The Kier molecular flexibility index (Phi) is 5.34. The number of amides is 1. The van der Waals surface area contributed by atoms with Gasteiger partial charge in [-0.2, -0.15) is 0 Å². The number of hydrogen-bond acceptors (Lipinski definition) is 2. The Hall–Kier alpha value is -0.860. The lowest BCUT2D eigenvalue weighted by atomic mass is 10.1. The molecule has 3 heteroatoms. The van der Waals surface area contributed by atoms with Gasteiger partial charge in [0.2, 0.25) is 5.91 Å². The van der Waals surface area contributed by atoms with Crippen LogP contribution in [0.2, 0.25) is 0 Å². The minimum Gasteiger partial charge on any atom is -0.346 e. The van der Waals surface area contributed by atoms with Crippen molar-refractivity contribution in [3.05, 3.63) is 0 Å². The molecule has 0 aliphatic carbocycles. The lowest BCUT2D eigenvalue weighted by Crippen LogP contribution is -2.39. The van der Waals surface area contributed by atoms with E-state index >= 15 is 0 Å². The molecule has 0 rings (SSSR count). The third-order valence-electron chi connectivity index (χ3n) is 1.72. The summed E-state index contributed by atoms with van der Waals surface area (Å²) in [5.41, 5.74) is 0. The maximum absolute atomic E-state index is 11.0. The molecule has 0 aliphatic rings. The van der Waals surface area contributed by atoms with Gasteiger partial charge in [0, 0.05) is 6.42 Å². The Morgan fingerprint density at radius 1 is 1.33 bits per heavy atom. The predicted octanol–water partition coefficient (Wildman–Crippen LogP) is 1.27. The fourth-order valence-corrected chi connectivity index (χ4v) is 0.962. The molecular formula is C9H17NO2. The van der Waals surface area contributed by atoms with Crippen LogP contribution < -0.4 is 5.32 Å². The van der Waals surface area contributed by atoms with Gasteiger partial charge < -0.3 is 5.32 Å². The summed E-state index contributed by atoms with van der Waals surface area (Å²) in [6.07, 6.45) is 2.09. The molecule has 0 fully saturated rings. The van der Waals surface area contributed by atoms with Crippen molar-refractivity contribution in [2.45, 2.75) is 46.1 Å². The second-order valence-electron chi connectivity index (χ2n) is 2.87. The molecule has 70 valence electrons. The fourth-order valence-electron chi connectivity index (χ4n) is 0.962.